The van der Waals surface area contributed by atoms with Crippen LogP contribution in [0.15, 0.2) is 4.99 Å². The van der Waals surface area contributed by atoms with E-state index in [0.717, 1.165) is 45.1 Å². The molecule has 0 aromatic heterocycles. The van der Waals surface area contributed by atoms with Crippen LogP contribution >= 0.6 is 24.0 Å². The van der Waals surface area contributed by atoms with Crippen molar-refractivity contribution in [3.63, 3.8) is 0 Å². The molecule has 1 atom stereocenters. The second kappa shape index (κ2) is 8.90. The van der Waals surface area contributed by atoms with E-state index < -0.39 is 0 Å². The van der Waals surface area contributed by atoms with Gasteiger partial charge in [-0.2, -0.15) is 0 Å². The summed E-state index contributed by atoms with van der Waals surface area (Å²) in [6.07, 6.45) is 2.60. The van der Waals surface area contributed by atoms with E-state index in [0.29, 0.717) is 18.4 Å². The first-order valence-electron chi connectivity index (χ1n) is 7.77. The van der Waals surface area contributed by atoms with E-state index in [9.17, 15) is 4.79 Å². The maximum Gasteiger partial charge on any atom is 0.307 e. The predicted molar refractivity (Wildman–Crippen MR) is 96.7 cm³/mol. The van der Waals surface area contributed by atoms with E-state index in [1.807, 2.05) is 13.8 Å². The summed E-state index contributed by atoms with van der Waals surface area (Å²) < 4.78 is 10.7. The fourth-order valence-electron chi connectivity index (χ4n) is 3.02. The van der Waals surface area contributed by atoms with E-state index in [1.165, 1.54) is 0 Å². The van der Waals surface area contributed by atoms with Gasteiger partial charge in [0, 0.05) is 38.7 Å². The number of nitrogens with one attached hydrogen (secondary N) is 1. The number of nitrogens with zero attached hydrogens (tertiary/aromatic N) is 2. The lowest BCUT2D eigenvalue weighted by Crippen LogP contribution is -2.42. The van der Waals surface area contributed by atoms with Crippen LogP contribution in [0.5, 0.6) is 0 Å². The van der Waals surface area contributed by atoms with Gasteiger partial charge in [0.15, 0.2) is 5.96 Å². The maximum absolute atomic E-state index is 11.5. The third kappa shape index (κ3) is 5.26. The molecular weight excluding hydrogens is 397 g/mol. The maximum atomic E-state index is 11.5. The van der Waals surface area contributed by atoms with Crippen LogP contribution in [0.4, 0.5) is 0 Å². The second-order valence-corrected chi connectivity index (χ2v) is 6.24. The van der Waals surface area contributed by atoms with Crippen LogP contribution in [0.3, 0.4) is 0 Å². The molecule has 0 aromatic carbocycles. The summed E-state index contributed by atoms with van der Waals surface area (Å²) >= 11 is 0. The van der Waals surface area contributed by atoms with Gasteiger partial charge in [0.05, 0.1) is 19.1 Å². The Bertz CT molecular complexity index is 395. The van der Waals surface area contributed by atoms with Gasteiger partial charge in [0.25, 0.3) is 0 Å². The minimum Gasteiger partial charge on any atom is -0.463 e. The molecule has 6 nitrogen and oxygen atoms in total. The lowest BCUT2D eigenvalue weighted by molar-refractivity contribution is -0.147. The predicted octanol–water partition coefficient (Wildman–Crippen LogP) is 1.63. The minimum absolute atomic E-state index is 0. The van der Waals surface area contributed by atoms with Crippen LogP contribution < -0.4 is 5.32 Å². The van der Waals surface area contributed by atoms with Crippen molar-refractivity contribution in [3.05, 3.63) is 0 Å². The number of hydrogen-bond donors (Lipinski definition) is 1. The Hall–Kier alpha value is -0.570. The van der Waals surface area contributed by atoms with Crippen LogP contribution in [0.2, 0.25) is 0 Å². The van der Waals surface area contributed by atoms with Gasteiger partial charge in [-0.25, -0.2) is 0 Å². The Morgan fingerprint density at radius 1 is 1.45 bits per heavy atom. The van der Waals surface area contributed by atoms with Gasteiger partial charge in [-0.05, 0) is 26.7 Å². The average Bonchev–Trinajstić information content (AvgIpc) is 3.05. The van der Waals surface area contributed by atoms with Crippen molar-refractivity contribution in [2.24, 2.45) is 10.4 Å². The number of rotatable bonds is 4. The van der Waals surface area contributed by atoms with Gasteiger partial charge in [-0.15, -0.1) is 24.0 Å². The monoisotopic (exact) mass is 425 g/mol. The lowest BCUT2D eigenvalue weighted by Gasteiger charge is -2.24. The number of halogens is 1. The number of carbonyl (C=O) groups is 1. The van der Waals surface area contributed by atoms with E-state index in [-0.39, 0.29) is 36.0 Å². The van der Waals surface area contributed by atoms with Gasteiger partial charge in [-0.3, -0.25) is 9.79 Å². The summed E-state index contributed by atoms with van der Waals surface area (Å²) in [6.45, 7) is 8.00. The molecule has 2 saturated heterocycles. The third-order valence-corrected chi connectivity index (χ3v) is 4.11. The molecule has 128 valence electrons. The highest BCUT2D eigenvalue weighted by atomic mass is 127. The van der Waals surface area contributed by atoms with Gasteiger partial charge in [0.1, 0.15) is 0 Å². The summed E-state index contributed by atoms with van der Waals surface area (Å²) in [6, 6.07) is 0. The largest absolute Gasteiger partial charge is 0.463 e. The topological polar surface area (TPSA) is 63.2 Å². The first-order valence-corrected chi connectivity index (χ1v) is 7.77. The molecule has 0 bridgehead atoms. The number of hydrogen-bond acceptors (Lipinski definition) is 4. The average molecular weight is 425 g/mol. The summed E-state index contributed by atoms with van der Waals surface area (Å²) in [4.78, 5) is 18.1. The first-order chi connectivity index (χ1) is 10.0. The fraction of sp³-hybridized carbons (Fsp3) is 0.867. The molecule has 1 N–H and O–H groups in total. The van der Waals surface area contributed by atoms with Crippen molar-refractivity contribution < 1.29 is 14.3 Å². The fourth-order valence-corrected chi connectivity index (χ4v) is 3.02. The number of carbonyl (C=O) groups excluding carboxylic acids is 1. The van der Waals surface area contributed by atoms with Gasteiger partial charge in [-0.1, -0.05) is 0 Å². The Labute approximate surface area is 150 Å². The molecule has 0 saturated carbocycles. The number of aliphatic imine (C=N–C) groups is 1. The SMILES string of the molecule is CN=C(NCCC(=O)OC(C)C)N1CCC2(CCOC2)C1.I. The molecule has 2 fully saturated rings. The highest BCUT2D eigenvalue weighted by Crippen LogP contribution is 2.38. The molecule has 0 aromatic rings. The quantitative estimate of drug-likeness (QED) is 0.321. The molecule has 2 heterocycles. The second-order valence-electron chi connectivity index (χ2n) is 6.24. The van der Waals surface area contributed by atoms with Crippen LogP contribution in [0.1, 0.15) is 33.1 Å². The van der Waals surface area contributed by atoms with Gasteiger partial charge >= 0.3 is 5.97 Å². The van der Waals surface area contributed by atoms with Crippen molar-refractivity contribution in [1.29, 1.82) is 0 Å². The molecule has 0 aliphatic carbocycles. The van der Waals surface area contributed by atoms with Gasteiger partial charge in [0.2, 0.25) is 0 Å². The number of likely N-dealkylation sites (tertiary alicyclic amines) is 1. The summed E-state index contributed by atoms with van der Waals surface area (Å²) in [5.74, 6) is 0.700. The lowest BCUT2D eigenvalue weighted by atomic mass is 9.87. The van der Waals surface area contributed by atoms with Crippen LogP contribution in [0, 0.1) is 5.41 Å². The van der Waals surface area contributed by atoms with Crippen molar-refractivity contribution >= 4 is 35.9 Å². The van der Waals surface area contributed by atoms with E-state index in [1.54, 1.807) is 7.05 Å². The Balaban J connectivity index is 0.00000242. The zero-order chi connectivity index (χ0) is 15.3. The molecule has 0 amide bonds. The molecule has 7 heteroatoms. The molecule has 22 heavy (non-hydrogen) atoms. The van der Waals surface area contributed by atoms with E-state index >= 15 is 0 Å². The molecule has 1 spiro atoms. The highest BCUT2D eigenvalue weighted by Gasteiger charge is 2.42. The third-order valence-electron chi connectivity index (χ3n) is 4.11. The van der Waals surface area contributed by atoms with Crippen molar-refractivity contribution in [2.75, 3.05) is 39.9 Å². The Morgan fingerprint density at radius 2 is 2.23 bits per heavy atom. The number of ether oxygens (including phenoxy) is 2. The zero-order valence-corrected chi connectivity index (χ0v) is 16.1. The molecule has 2 rings (SSSR count). The molecule has 1 unspecified atom stereocenters. The summed E-state index contributed by atoms with van der Waals surface area (Å²) in [7, 11) is 1.78. The highest BCUT2D eigenvalue weighted by molar-refractivity contribution is 14.0. The molecule has 0 radical (unpaired) electrons. The molecule has 2 aliphatic rings. The Morgan fingerprint density at radius 3 is 2.82 bits per heavy atom. The normalized spacial score (nSPS) is 24.7. The van der Waals surface area contributed by atoms with E-state index in [4.69, 9.17) is 9.47 Å². The molecular formula is C15H28IN3O3. The smallest absolute Gasteiger partial charge is 0.307 e. The number of guanidine groups is 1. The van der Waals surface area contributed by atoms with Crippen LogP contribution in [0.25, 0.3) is 0 Å². The van der Waals surface area contributed by atoms with Crippen LogP contribution in [-0.2, 0) is 14.3 Å². The van der Waals surface area contributed by atoms with Crippen molar-refractivity contribution in [3.8, 4) is 0 Å². The van der Waals surface area contributed by atoms with Crippen molar-refractivity contribution in [1.82, 2.24) is 10.2 Å². The standard InChI is InChI=1S/C15H27N3O3.HI/c1-12(2)21-13(19)4-7-17-14(16-3)18-8-5-15(10-18)6-9-20-11-15;/h12H,4-11H2,1-3H3,(H,16,17);1H. The van der Waals surface area contributed by atoms with E-state index in [2.05, 4.69) is 15.2 Å². The molecule has 2 aliphatic heterocycles. The Kier molecular flexibility index (Phi) is 7.88. The van der Waals surface area contributed by atoms with Crippen molar-refractivity contribution in [2.45, 2.75) is 39.2 Å². The number of esters is 1. The summed E-state index contributed by atoms with van der Waals surface area (Å²) in [5, 5.41) is 3.26. The van der Waals surface area contributed by atoms with Crippen LogP contribution in [-0.4, -0.2) is 62.8 Å². The minimum atomic E-state index is -0.171. The first kappa shape index (κ1) is 19.5. The zero-order valence-electron chi connectivity index (χ0n) is 13.8. The van der Waals surface area contributed by atoms with Gasteiger partial charge < -0.3 is 19.7 Å². The summed E-state index contributed by atoms with van der Waals surface area (Å²) in [5.41, 5.74) is 0.314.